The van der Waals surface area contributed by atoms with Gasteiger partial charge < -0.3 is 4.74 Å². The van der Waals surface area contributed by atoms with Crippen LogP contribution in [0.2, 0.25) is 0 Å². The zero-order valence-corrected chi connectivity index (χ0v) is 13.8. The van der Waals surface area contributed by atoms with Crippen molar-refractivity contribution in [3.8, 4) is 0 Å². The number of methoxy groups -OCH3 is 1. The molecule has 4 nitrogen and oxygen atoms in total. The second-order valence-corrected chi connectivity index (χ2v) is 5.51. The molecule has 25 heavy (non-hydrogen) atoms. The molecule has 0 aliphatic carbocycles. The monoisotopic (exact) mass is 337 g/mol. The van der Waals surface area contributed by atoms with Gasteiger partial charge in [0.25, 0.3) is 5.91 Å². The first kappa shape index (κ1) is 16.6. The van der Waals surface area contributed by atoms with E-state index in [0.29, 0.717) is 11.4 Å². The normalized spacial score (nSPS) is 15.9. The van der Waals surface area contributed by atoms with Crippen molar-refractivity contribution >= 4 is 23.6 Å². The molecule has 0 radical (unpaired) electrons. The standard InChI is InChI=1S/C20H16FNO3/c1-13-18(20(24)25-2)16(12-14-8-6-7-11-17(14)21)19(23)22(13)15-9-4-3-5-10-15/h3-12H,1-2H3/b16-12-. The van der Waals surface area contributed by atoms with Crippen LogP contribution < -0.4 is 4.90 Å². The largest absolute Gasteiger partial charge is 0.465 e. The molecule has 0 atom stereocenters. The van der Waals surface area contributed by atoms with Gasteiger partial charge in [-0.2, -0.15) is 0 Å². The van der Waals surface area contributed by atoms with E-state index < -0.39 is 17.7 Å². The Morgan fingerprint density at radius 2 is 1.72 bits per heavy atom. The first-order chi connectivity index (χ1) is 12.0. The lowest BCUT2D eigenvalue weighted by Gasteiger charge is -2.17. The average Bonchev–Trinajstić information content (AvgIpc) is 2.87. The Morgan fingerprint density at radius 1 is 1.08 bits per heavy atom. The van der Waals surface area contributed by atoms with Crippen LogP contribution in [0.15, 0.2) is 71.4 Å². The molecular weight excluding hydrogens is 321 g/mol. The summed E-state index contributed by atoms with van der Waals surface area (Å²) in [4.78, 5) is 26.6. The third kappa shape index (κ3) is 2.96. The maximum Gasteiger partial charge on any atom is 0.340 e. The van der Waals surface area contributed by atoms with Crippen molar-refractivity contribution in [2.24, 2.45) is 0 Å². The number of benzene rings is 2. The number of hydrogen-bond acceptors (Lipinski definition) is 3. The highest BCUT2D eigenvalue weighted by molar-refractivity contribution is 6.23. The number of para-hydroxylation sites is 1. The van der Waals surface area contributed by atoms with Gasteiger partial charge in [-0.15, -0.1) is 0 Å². The lowest BCUT2D eigenvalue weighted by Crippen LogP contribution is -2.24. The number of hydrogen-bond donors (Lipinski definition) is 0. The average molecular weight is 337 g/mol. The molecule has 0 bridgehead atoms. The highest BCUT2D eigenvalue weighted by Gasteiger charge is 2.37. The molecule has 3 rings (SSSR count). The van der Waals surface area contributed by atoms with Gasteiger partial charge in [0.2, 0.25) is 0 Å². The van der Waals surface area contributed by atoms with Crippen LogP contribution >= 0.6 is 0 Å². The maximum atomic E-state index is 14.0. The van der Waals surface area contributed by atoms with Gasteiger partial charge in [0.1, 0.15) is 5.82 Å². The summed E-state index contributed by atoms with van der Waals surface area (Å²) in [6.45, 7) is 1.67. The highest BCUT2D eigenvalue weighted by atomic mass is 19.1. The number of amides is 1. The Morgan fingerprint density at radius 3 is 2.36 bits per heavy atom. The van der Waals surface area contributed by atoms with Crippen molar-refractivity contribution < 1.29 is 18.7 Å². The minimum Gasteiger partial charge on any atom is -0.465 e. The molecule has 1 heterocycles. The minimum absolute atomic E-state index is 0.110. The van der Waals surface area contributed by atoms with E-state index in [1.54, 1.807) is 49.4 Å². The number of esters is 1. The molecule has 5 heteroatoms. The third-order valence-electron chi connectivity index (χ3n) is 4.01. The Bertz CT molecular complexity index is 900. The van der Waals surface area contributed by atoms with E-state index >= 15 is 0 Å². The van der Waals surface area contributed by atoms with Gasteiger partial charge in [0.15, 0.2) is 0 Å². The summed E-state index contributed by atoms with van der Waals surface area (Å²) in [7, 11) is 1.25. The van der Waals surface area contributed by atoms with Crippen LogP contribution in [0.4, 0.5) is 10.1 Å². The quantitative estimate of drug-likeness (QED) is 0.634. The van der Waals surface area contributed by atoms with E-state index in [2.05, 4.69) is 0 Å². The number of ether oxygens (including phenoxy) is 1. The van der Waals surface area contributed by atoms with E-state index in [1.807, 2.05) is 6.07 Å². The highest BCUT2D eigenvalue weighted by Crippen LogP contribution is 2.35. The van der Waals surface area contributed by atoms with Crippen molar-refractivity contribution in [2.45, 2.75) is 6.92 Å². The molecule has 0 fully saturated rings. The Labute approximate surface area is 144 Å². The number of halogens is 1. The summed E-state index contributed by atoms with van der Waals surface area (Å²) in [5.74, 6) is -1.50. The fourth-order valence-electron chi connectivity index (χ4n) is 2.82. The molecule has 1 aliphatic heterocycles. The van der Waals surface area contributed by atoms with Crippen molar-refractivity contribution in [3.63, 3.8) is 0 Å². The Kier molecular flexibility index (Phi) is 4.48. The first-order valence-corrected chi connectivity index (χ1v) is 7.70. The fourth-order valence-corrected chi connectivity index (χ4v) is 2.82. The van der Waals surface area contributed by atoms with Gasteiger partial charge in [0, 0.05) is 16.9 Å². The molecule has 0 spiro atoms. The molecule has 0 aromatic heterocycles. The van der Waals surface area contributed by atoms with Gasteiger partial charge in [0.05, 0.1) is 18.3 Å². The summed E-state index contributed by atoms with van der Waals surface area (Å²) in [6, 6.07) is 15.0. The fraction of sp³-hybridized carbons (Fsp3) is 0.100. The first-order valence-electron chi connectivity index (χ1n) is 7.70. The smallest absolute Gasteiger partial charge is 0.340 e. The molecular formula is C20H16FNO3. The van der Waals surface area contributed by atoms with E-state index in [1.165, 1.54) is 24.2 Å². The summed E-state index contributed by atoms with van der Waals surface area (Å²) in [5.41, 5.74) is 1.56. The molecule has 1 amide bonds. The van der Waals surface area contributed by atoms with Crippen LogP contribution in [-0.2, 0) is 14.3 Å². The SMILES string of the molecule is COC(=O)C1=C(C)N(c2ccccc2)C(=O)/C1=C\c1ccccc1F. The minimum atomic E-state index is -0.633. The number of carbonyl (C=O) groups excluding carboxylic acids is 2. The summed E-state index contributed by atoms with van der Waals surface area (Å²) in [6.07, 6.45) is 1.39. The molecule has 0 N–H and O–H groups in total. The van der Waals surface area contributed by atoms with E-state index in [9.17, 15) is 14.0 Å². The Hall–Kier alpha value is -3.21. The second-order valence-electron chi connectivity index (χ2n) is 5.51. The third-order valence-corrected chi connectivity index (χ3v) is 4.01. The molecule has 2 aromatic rings. The molecule has 0 saturated carbocycles. The topological polar surface area (TPSA) is 46.6 Å². The summed E-state index contributed by atoms with van der Waals surface area (Å²) < 4.78 is 18.8. The van der Waals surface area contributed by atoms with E-state index in [4.69, 9.17) is 4.74 Å². The van der Waals surface area contributed by atoms with Crippen molar-refractivity contribution in [1.82, 2.24) is 0 Å². The van der Waals surface area contributed by atoms with Crippen molar-refractivity contribution in [3.05, 3.63) is 82.8 Å². The summed E-state index contributed by atoms with van der Waals surface area (Å²) in [5, 5.41) is 0. The lowest BCUT2D eigenvalue weighted by atomic mass is 10.0. The number of anilines is 1. The van der Waals surface area contributed by atoms with Crippen LogP contribution in [0.1, 0.15) is 12.5 Å². The van der Waals surface area contributed by atoms with E-state index in [-0.39, 0.29) is 16.7 Å². The number of rotatable bonds is 3. The van der Waals surface area contributed by atoms with Gasteiger partial charge in [-0.25, -0.2) is 9.18 Å². The molecule has 2 aromatic carbocycles. The van der Waals surface area contributed by atoms with Gasteiger partial charge >= 0.3 is 5.97 Å². The lowest BCUT2D eigenvalue weighted by molar-refractivity contribution is -0.136. The molecule has 126 valence electrons. The van der Waals surface area contributed by atoms with Crippen LogP contribution in [0.5, 0.6) is 0 Å². The number of nitrogens with zero attached hydrogens (tertiary/aromatic N) is 1. The maximum absolute atomic E-state index is 14.0. The van der Waals surface area contributed by atoms with Crippen LogP contribution in [-0.4, -0.2) is 19.0 Å². The van der Waals surface area contributed by atoms with Crippen LogP contribution in [0, 0.1) is 5.82 Å². The Balaban J connectivity index is 2.17. The van der Waals surface area contributed by atoms with Crippen LogP contribution in [0.25, 0.3) is 6.08 Å². The zero-order chi connectivity index (χ0) is 18.0. The van der Waals surface area contributed by atoms with Gasteiger partial charge in [-0.05, 0) is 31.2 Å². The van der Waals surface area contributed by atoms with Gasteiger partial charge in [-0.3, -0.25) is 9.69 Å². The van der Waals surface area contributed by atoms with Crippen LogP contribution in [0.3, 0.4) is 0 Å². The van der Waals surface area contributed by atoms with Crippen molar-refractivity contribution in [1.29, 1.82) is 0 Å². The second kappa shape index (κ2) is 6.73. The predicted octanol–water partition coefficient (Wildman–Crippen LogP) is 3.70. The summed E-state index contributed by atoms with van der Waals surface area (Å²) >= 11 is 0. The molecule has 1 aliphatic rings. The molecule has 0 unspecified atom stereocenters. The number of carbonyl (C=O) groups is 2. The van der Waals surface area contributed by atoms with Gasteiger partial charge in [-0.1, -0.05) is 36.4 Å². The predicted molar refractivity (Wildman–Crippen MR) is 93.0 cm³/mol. The molecule has 0 saturated heterocycles. The van der Waals surface area contributed by atoms with Crippen molar-refractivity contribution in [2.75, 3.05) is 12.0 Å². The number of allylic oxidation sites excluding steroid dienone is 1. The zero-order valence-electron chi connectivity index (χ0n) is 13.8. The van der Waals surface area contributed by atoms with E-state index in [0.717, 1.165) is 0 Å².